The molecule has 0 radical (unpaired) electrons. The van der Waals surface area contributed by atoms with E-state index in [9.17, 15) is 0 Å². The molecule has 0 aromatic heterocycles. The van der Waals surface area contributed by atoms with Gasteiger partial charge in [-0.05, 0) is 31.6 Å². The van der Waals surface area contributed by atoms with Gasteiger partial charge in [0, 0.05) is 0 Å². The Hall–Kier alpha value is -0.260. The summed E-state index contributed by atoms with van der Waals surface area (Å²) < 4.78 is 0. The van der Waals surface area contributed by atoms with Crippen LogP contribution in [0.2, 0.25) is 0 Å². The van der Waals surface area contributed by atoms with Crippen LogP contribution in [-0.4, -0.2) is 0 Å². The Morgan fingerprint density at radius 1 is 1.33 bits per heavy atom. The van der Waals surface area contributed by atoms with Crippen molar-refractivity contribution in [1.82, 2.24) is 0 Å². The molecule has 0 rings (SSSR count). The quantitative estimate of drug-likeness (QED) is 0.545. The van der Waals surface area contributed by atoms with Crippen molar-refractivity contribution in [2.24, 2.45) is 11.3 Å². The average molecular weight is 168 g/mol. The lowest BCUT2D eigenvalue weighted by molar-refractivity contribution is 0.211. The highest BCUT2D eigenvalue weighted by atomic mass is 14.3. The fourth-order valence-electron chi connectivity index (χ4n) is 1.23. The standard InChI is InChI=1S/C12H24/c1-7-12(6,11(4)5)9-8-10(2)3/h8,11H,7,9H2,1-6H3. The SMILES string of the molecule is CCC(C)(CC=C(C)C)C(C)C. The van der Waals surface area contributed by atoms with Crippen LogP contribution in [0, 0.1) is 11.3 Å². The number of allylic oxidation sites excluding steroid dienone is 2. The molecular formula is C12H24. The molecule has 0 spiro atoms. The van der Waals surface area contributed by atoms with Crippen molar-refractivity contribution in [3.05, 3.63) is 11.6 Å². The van der Waals surface area contributed by atoms with Gasteiger partial charge in [-0.15, -0.1) is 0 Å². The molecule has 0 aromatic rings. The molecule has 0 saturated carbocycles. The van der Waals surface area contributed by atoms with Gasteiger partial charge in [-0.25, -0.2) is 0 Å². The maximum absolute atomic E-state index is 2.39. The zero-order chi connectivity index (χ0) is 9.78. The van der Waals surface area contributed by atoms with E-state index in [4.69, 9.17) is 0 Å². The van der Waals surface area contributed by atoms with Gasteiger partial charge in [0.1, 0.15) is 0 Å². The Bertz CT molecular complexity index is 149. The smallest absolute Gasteiger partial charge is 0.0271 e. The van der Waals surface area contributed by atoms with Crippen molar-refractivity contribution in [3.8, 4) is 0 Å². The first kappa shape index (κ1) is 11.7. The molecule has 0 fully saturated rings. The zero-order valence-electron chi connectivity index (χ0n) is 9.57. The minimum Gasteiger partial charge on any atom is -0.0853 e. The van der Waals surface area contributed by atoms with Gasteiger partial charge in [-0.1, -0.05) is 45.8 Å². The summed E-state index contributed by atoms with van der Waals surface area (Å²) in [6.45, 7) is 13.7. The third kappa shape index (κ3) is 3.42. The summed E-state index contributed by atoms with van der Waals surface area (Å²) in [5.41, 5.74) is 1.94. The van der Waals surface area contributed by atoms with Crippen molar-refractivity contribution < 1.29 is 0 Å². The van der Waals surface area contributed by atoms with Crippen LogP contribution in [0.5, 0.6) is 0 Å². The largest absolute Gasteiger partial charge is 0.0853 e. The predicted molar refractivity (Wildman–Crippen MR) is 57.3 cm³/mol. The molecule has 0 aliphatic carbocycles. The summed E-state index contributed by atoms with van der Waals surface area (Å²) in [5, 5.41) is 0. The normalized spacial score (nSPS) is 15.9. The van der Waals surface area contributed by atoms with E-state index in [-0.39, 0.29) is 0 Å². The summed E-state index contributed by atoms with van der Waals surface area (Å²) in [4.78, 5) is 0. The molecule has 72 valence electrons. The molecule has 0 amide bonds. The van der Waals surface area contributed by atoms with Crippen molar-refractivity contribution in [3.63, 3.8) is 0 Å². The summed E-state index contributed by atoms with van der Waals surface area (Å²) in [7, 11) is 0. The van der Waals surface area contributed by atoms with Gasteiger partial charge in [0.2, 0.25) is 0 Å². The molecule has 12 heavy (non-hydrogen) atoms. The number of hydrogen-bond acceptors (Lipinski definition) is 0. The van der Waals surface area contributed by atoms with E-state index in [1.165, 1.54) is 18.4 Å². The van der Waals surface area contributed by atoms with Gasteiger partial charge in [0.05, 0.1) is 0 Å². The zero-order valence-corrected chi connectivity index (χ0v) is 9.57. The van der Waals surface area contributed by atoms with Crippen LogP contribution in [0.4, 0.5) is 0 Å². The molecule has 0 saturated heterocycles. The van der Waals surface area contributed by atoms with Gasteiger partial charge in [-0.3, -0.25) is 0 Å². The molecule has 1 unspecified atom stereocenters. The minimum atomic E-state index is 0.497. The van der Waals surface area contributed by atoms with Crippen molar-refractivity contribution >= 4 is 0 Å². The second kappa shape index (κ2) is 4.69. The maximum Gasteiger partial charge on any atom is -0.0271 e. The second-order valence-electron chi connectivity index (χ2n) is 4.65. The second-order valence-corrected chi connectivity index (χ2v) is 4.65. The number of rotatable bonds is 4. The van der Waals surface area contributed by atoms with E-state index in [0.717, 1.165) is 5.92 Å². The maximum atomic E-state index is 2.39. The first-order valence-corrected chi connectivity index (χ1v) is 5.05. The van der Waals surface area contributed by atoms with Crippen molar-refractivity contribution in [2.45, 2.75) is 54.4 Å². The molecule has 0 aromatic carbocycles. The molecule has 1 atom stereocenters. The Morgan fingerprint density at radius 2 is 1.83 bits per heavy atom. The van der Waals surface area contributed by atoms with E-state index < -0.39 is 0 Å². The van der Waals surface area contributed by atoms with Crippen LogP contribution in [-0.2, 0) is 0 Å². The first-order chi connectivity index (χ1) is 5.42. The third-order valence-electron chi connectivity index (χ3n) is 3.18. The fourth-order valence-corrected chi connectivity index (χ4v) is 1.23. The molecule has 0 heterocycles. The molecule has 0 nitrogen and oxygen atoms in total. The van der Waals surface area contributed by atoms with Crippen LogP contribution < -0.4 is 0 Å². The Balaban J connectivity index is 4.25. The molecular weight excluding hydrogens is 144 g/mol. The summed E-state index contributed by atoms with van der Waals surface area (Å²) in [6, 6.07) is 0. The van der Waals surface area contributed by atoms with Gasteiger partial charge in [0.25, 0.3) is 0 Å². The monoisotopic (exact) mass is 168 g/mol. The summed E-state index contributed by atoms with van der Waals surface area (Å²) in [5.74, 6) is 0.776. The van der Waals surface area contributed by atoms with Crippen molar-refractivity contribution in [2.75, 3.05) is 0 Å². The predicted octanol–water partition coefficient (Wildman–Crippen LogP) is 4.42. The molecule has 0 aliphatic rings. The average Bonchev–Trinajstić information content (AvgIpc) is 1.99. The summed E-state index contributed by atoms with van der Waals surface area (Å²) in [6.07, 6.45) is 4.86. The molecule has 0 heteroatoms. The van der Waals surface area contributed by atoms with Gasteiger partial charge in [0.15, 0.2) is 0 Å². The Morgan fingerprint density at radius 3 is 2.08 bits per heavy atom. The highest BCUT2D eigenvalue weighted by molar-refractivity contribution is 4.97. The van der Waals surface area contributed by atoms with Crippen molar-refractivity contribution in [1.29, 1.82) is 0 Å². The topological polar surface area (TPSA) is 0 Å². The van der Waals surface area contributed by atoms with Gasteiger partial charge in [-0.2, -0.15) is 0 Å². The van der Waals surface area contributed by atoms with E-state index in [2.05, 4.69) is 47.6 Å². The van der Waals surface area contributed by atoms with E-state index >= 15 is 0 Å². The van der Waals surface area contributed by atoms with Crippen LogP contribution in [0.1, 0.15) is 54.4 Å². The lowest BCUT2D eigenvalue weighted by Gasteiger charge is -2.31. The van der Waals surface area contributed by atoms with E-state index in [0.29, 0.717) is 5.41 Å². The number of hydrogen-bond donors (Lipinski definition) is 0. The molecule has 0 N–H and O–H groups in total. The first-order valence-electron chi connectivity index (χ1n) is 5.05. The molecule has 0 bridgehead atoms. The summed E-state index contributed by atoms with van der Waals surface area (Å²) >= 11 is 0. The van der Waals surface area contributed by atoms with Crippen LogP contribution in [0.15, 0.2) is 11.6 Å². The lowest BCUT2D eigenvalue weighted by Crippen LogP contribution is -2.21. The third-order valence-corrected chi connectivity index (χ3v) is 3.18. The van der Waals surface area contributed by atoms with Gasteiger partial charge >= 0.3 is 0 Å². The Labute approximate surface area is 78.1 Å². The van der Waals surface area contributed by atoms with Crippen LogP contribution in [0.25, 0.3) is 0 Å². The van der Waals surface area contributed by atoms with Crippen LogP contribution in [0.3, 0.4) is 0 Å². The lowest BCUT2D eigenvalue weighted by atomic mass is 9.74. The minimum absolute atomic E-state index is 0.497. The van der Waals surface area contributed by atoms with E-state index in [1.807, 2.05) is 0 Å². The van der Waals surface area contributed by atoms with E-state index in [1.54, 1.807) is 0 Å². The van der Waals surface area contributed by atoms with Crippen LogP contribution >= 0.6 is 0 Å². The Kier molecular flexibility index (Phi) is 4.59. The highest BCUT2D eigenvalue weighted by Gasteiger charge is 2.24. The van der Waals surface area contributed by atoms with Gasteiger partial charge < -0.3 is 0 Å². The fraction of sp³-hybridized carbons (Fsp3) is 0.833. The highest BCUT2D eigenvalue weighted by Crippen LogP contribution is 2.35. The molecule has 0 aliphatic heterocycles.